The summed E-state index contributed by atoms with van der Waals surface area (Å²) in [5.74, 6) is 3.68. The number of carbonyl (C=O) groups is 2. The summed E-state index contributed by atoms with van der Waals surface area (Å²) in [5, 5.41) is 8.84. The predicted octanol–water partition coefficient (Wildman–Crippen LogP) is 7.80. The van der Waals surface area contributed by atoms with E-state index in [4.69, 9.17) is 9.84 Å². The maximum absolute atomic E-state index is 12.1. The minimum Gasteiger partial charge on any atom is -0.481 e. The lowest BCUT2D eigenvalue weighted by Gasteiger charge is -2.58. The lowest BCUT2D eigenvalue weighted by molar-refractivity contribution is -0.154. The second-order valence-corrected chi connectivity index (χ2v) is 13.5. The highest BCUT2D eigenvalue weighted by Crippen LogP contribution is 2.67. The van der Waals surface area contributed by atoms with Gasteiger partial charge in [0.25, 0.3) is 0 Å². The van der Waals surface area contributed by atoms with Gasteiger partial charge in [-0.25, -0.2) is 0 Å². The molecule has 3 unspecified atom stereocenters. The van der Waals surface area contributed by atoms with Crippen LogP contribution in [0.15, 0.2) is 11.6 Å². The third kappa shape index (κ3) is 5.37. The SMILES string of the molecule is CC(C)CCCC(C)[C@H]1CC[C@H]2C3CC=C4C[C@@H](OC(=O)CCC(=O)O)CCC4(C)[C@H]3CC[C@]12C. The van der Waals surface area contributed by atoms with Gasteiger partial charge in [0.15, 0.2) is 0 Å². The van der Waals surface area contributed by atoms with Gasteiger partial charge in [-0.1, -0.05) is 65.5 Å². The van der Waals surface area contributed by atoms with Crippen LogP contribution >= 0.6 is 0 Å². The van der Waals surface area contributed by atoms with E-state index in [2.05, 4.69) is 40.7 Å². The molecule has 0 aromatic rings. The molecular weight excluding hydrogens is 436 g/mol. The molecule has 3 fully saturated rings. The molecule has 0 saturated heterocycles. The molecule has 3 saturated carbocycles. The molecule has 0 amide bonds. The van der Waals surface area contributed by atoms with Crippen LogP contribution < -0.4 is 0 Å². The zero-order valence-electron chi connectivity index (χ0n) is 23.0. The van der Waals surface area contributed by atoms with E-state index in [1.165, 1.54) is 56.9 Å². The third-order valence-electron chi connectivity index (χ3n) is 11.1. The van der Waals surface area contributed by atoms with Crippen LogP contribution in [-0.4, -0.2) is 23.1 Å². The number of aliphatic carboxylic acids is 1. The number of carbonyl (C=O) groups excluding carboxylic acids is 1. The fraction of sp³-hybridized carbons (Fsp3) is 0.871. The molecule has 4 aliphatic carbocycles. The Balaban J connectivity index is 1.40. The summed E-state index contributed by atoms with van der Waals surface area (Å²) in [4.78, 5) is 22.9. The molecule has 8 atom stereocenters. The van der Waals surface area contributed by atoms with E-state index in [-0.39, 0.29) is 30.3 Å². The predicted molar refractivity (Wildman–Crippen MR) is 140 cm³/mol. The molecular formula is C31H50O4. The van der Waals surface area contributed by atoms with Crippen molar-refractivity contribution >= 4 is 11.9 Å². The molecule has 4 aliphatic rings. The number of esters is 1. The second kappa shape index (κ2) is 10.6. The maximum atomic E-state index is 12.1. The van der Waals surface area contributed by atoms with Crippen LogP contribution in [0.1, 0.15) is 118 Å². The van der Waals surface area contributed by atoms with E-state index >= 15 is 0 Å². The fourth-order valence-electron chi connectivity index (χ4n) is 9.21. The molecule has 0 aliphatic heterocycles. The number of carboxylic acids is 1. The first-order chi connectivity index (χ1) is 16.5. The van der Waals surface area contributed by atoms with Gasteiger partial charge in [0, 0.05) is 6.42 Å². The highest BCUT2D eigenvalue weighted by molar-refractivity contribution is 5.76. The summed E-state index contributed by atoms with van der Waals surface area (Å²) >= 11 is 0. The molecule has 35 heavy (non-hydrogen) atoms. The molecule has 198 valence electrons. The highest BCUT2D eigenvalue weighted by Gasteiger charge is 2.59. The topological polar surface area (TPSA) is 63.6 Å². The van der Waals surface area contributed by atoms with Crippen LogP contribution in [0.3, 0.4) is 0 Å². The fourth-order valence-corrected chi connectivity index (χ4v) is 9.21. The molecule has 0 heterocycles. The summed E-state index contributed by atoms with van der Waals surface area (Å²) in [6, 6.07) is 0. The minimum absolute atomic E-state index is 0.0236. The smallest absolute Gasteiger partial charge is 0.306 e. The lowest BCUT2D eigenvalue weighted by Crippen LogP contribution is -2.51. The monoisotopic (exact) mass is 486 g/mol. The average molecular weight is 487 g/mol. The number of allylic oxidation sites excluding steroid dienone is 1. The number of fused-ring (bicyclic) bond motifs is 5. The first kappa shape index (κ1) is 26.7. The second-order valence-electron chi connectivity index (χ2n) is 13.5. The minimum atomic E-state index is -0.942. The van der Waals surface area contributed by atoms with Crippen molar-refractivity contribution < 1.29 is 19.4 Å². The van der Waals surface area contributed by atoms with Gasteiger partial charge in [-0.05, 0) is 91.3 Å². The zero-order valence-corrected chi connectivity index (χ0v) is 23.0. The molecule has 0 aromatic heterocycles. The van der Waals surface area contributed by atoms with Crippen molar-refractivity contribution in [3.63, 3.8) is 0 Å². The molecule has 4 rings (SSSR count). The van der Waals surface area contributed by atoms with E-state index in [1.54, 1.807) is 0 Å². The molecule has 0 radical (unpaired) electrons. The normalized spacial score (nSPS) is 39.3. The van der Waals surface area contributed by atoms with Crippen LogP contribution in [0.2, 0.25) is 0 Å². The van der Waals surface area contributed by atoms with E-state index in [9.17, 15) is 9.59 Å². The van der Waals surface area contributed by atoms with Crippen molar-refractivity contribution in [3.05, 3.63) is 11.6 Å². The molecule has 1 N–H and O–H groups in total. The van der Waals surface area contributed by atoms with Gasteiger partial charge in [-0.3, -0.25) is 9.59 Å². The molecule has 4 nitrogen and oxygen atoms in total. The van der Waals surface area contributed by atoms with Gasteiger partial charge in [-0.2, -0.15) is 0 Å². The van der Waals surface area contributed by atoms with Crippen molar-refractivity contribution in [1.29, 1.82) is 0 Å². The Morgan fingerprint density at radius 2 is 1.80 bits per heavy atom. The summed E-state index contributed by atoms with van der Waals surface area (Å²) < 4.78 is 5.70. The zero-order chi connectivity index (χ0) is 25.4. The third-order valence-corrected chi connectivity index (χ3v) is 11.1. The maximum Gasteiger partial charge on any atom is 0.306 e. The van der Waals surface area contributed by atoms with E-state index in [0.29, 0.717) is 5.41 Å². The van der Waals surface area contributed by atoms with Crippen LogP contribution in [0.4, 0.5) is 0 Å². The van der Waals surface area contributed by atoms with Crippen molar-refractivity contribution in [2.24, 2.45) is 46.3 Å². The highest BCUT2D eigenvalue weighted by atomic mass is 16.5. The number of hydrogen-bond donors (Lipinski definition) is 1. The van der Waals surface area contributed by atoms with E-state index < -0.39 is 5.97 Å². The quantitative estimate of drug-likeness (QED) is 0.267. The van der Waals surface area contributed by atoms with Gasteiger partial charge < -0.3 is 9.84 Å². The van der Waals surface area contributed by atoms with Gasteiger partial charge in [0.1, 0.15) is 6.10 Å². The van der Waals surface area contributed by atoms with Gasteiger partial charge in [0.05, 0.1) is 12.8 Å². The van der Waals surface area contributed by atoms with Gasteiger partial charge in [0.2, 0.25) is 0 Å². The van der Waals surface area contributed by atoms with Crippen LogP contribution in [0.5, 0.6) is 0 Å². The molecule has 0 bridgehead atoms. The van der Waals surface area contributed by atoms with Crippen molar-refractivity contribution in [2.75, 3.05) is 0 Å². The Bertz CT molecular complexity index is 815. The summed E-state index contributed by atoms with van der Waals surface area (Å²) in [5.41, 5.74) is 2.27. The van der Waals surface area contributed by atoms with Crippen molar-refractivity contribution in [3.8, 4) is 0 Å². The van der Waals surface area contributed by atoms with Gasteiger partial charge in [-0.15, -0.1) is 0 Å². The summed E-state index contributed by atoms with van der Waals surface area (Å²) in [6.07, 6.45) is 16.0. The number of rotatable bonds is 9. The number of ether oxygens (including phenoxy) is 1. The number of hydrogen-bond acceptors (Lipinski definition) is 3. The van der Waals surface area contributed by atoms with Crippen LogP contribution in [0.25, 0.3) is 0 Å². The van der Waals surface area contributed by atoms with E-state index in [1.807, 2.05) is 0 Å². The Labute approximate surface area is 213 Å². The Hall–Kier alpha value is -1.32. The van der Waals surface area contributed by atoms with Crippen molar-refractivity contribution in [1.82, 2.24) is 0 Å². The summed E-state index contributed by atoms with van der Waals surface area (Å²) in [6.45, 7) is 12.4. The first-order valence-corrected chi connectivity index (χ1v) is 14.7. The summed E-state index contributed by atoms with van der Waals surface area (Å²) in [7, 11) is 0. The van der Waals surface area contributed by atoms with Crippen molar-refractivity contribution in [2.45, 2.75) is 124 Å². The Morgan fingerprint density at radius 3 is 2.51 bits per heavy atom. The molecule has 0 spiro atoms. The van der Waals surface area contributed by atoms with Crippen LogP contribution in [0, 0.1) is 46.3 Å². The average Bonchev–Trinajstić information content (AvgIpc) is 3.15. The standard InChI is InChI=1S/C31H50O4/c1-20(2)7-6-8-21(3)25-11-12-26-24-10-9-22-19-23(35-29(34)14-13-28(32)33)15-17-30(22,4)27(24)16-18-31(25,26)5/h9,20-21,23-27H,6-8,10-19H2,1-5H3,(H,32,33)/t21?,23-,24?,25+,26-,27-,30?,31+/m0/s1. The molecule has 4 heteroatoms. The van der Waals surface area contributed by atoms with E-state index in [0.717, 1.165) is 54.8 Å². The van der Waals surface area contributed by atoms with Gasteiger partial charge >= 0.3 is 11.9 Å². The van der Waals surface area contributed by atoms with Crippen LogP contribution in [-0.2, 0) is 14.3 Å². The largest absolute Gasteiger partial charge is 0.481 e. The first-order valence-electron chi connectivity index (χ1n) is 14.7. The number of carboxylic acid groups (broad SMARTS) is 1. The molecule has 0 aromatic carbocycles. The lowest BCUT2D eigenvalue weighted by atomic mass is 9.47. The Morgan fingerprint density at radius 1 is 1.03 bits per heavy atom. The Kier molecular flexibility index (Phi) is 8.08.